The summed E-state index contributed by atoms with van der Waals surface area (Å²) in [5.41, 5.74) is 2.91. The number of rotatable bonds is 8. The van der Waals surface area contributed by atoms with Gasteiger partial charge < -0.3 is 19.4 Å². The second-order valence-electron chi connectivity index (χ2n) is 7.39. The number of aryl methyl sites for hydroxylation is 1. The molecule has 0 saturated carbocycles. The Balaban J connectivity index is 1.53. The molecule has 2 amide bonds. The van der Waals surface area contributed by atoms with Gasteiger partial charge in [0.25, 0.3) is 5.91 Å². The Morgan fingerprint density at radius 3 is 2.61 bits per heavy atom. The number of nitrogens with zero attached hydrogens (tertiary/aromatic N) is 2. The molecule has 0 unspecified atom stereocenters. The Morgan fingerprint density at radius 1 is 1.09 bits per heavy atom. The average molecular weight is 462 g/mol. The molecule has 0 radical (unpaired) electrons. The first-order chi connectivity index (χ1) is 16.0. The first-order valence-corrected chi connectivity index (χ1v) is 11.2. The van der Waals surface area contributed by atoms with Crippen molar-refractivity contribution >= 4 is 28.8 Å². The zero-order valence-corrected chi connectivity index (χ0v) is 19.1. The van der Waals surface area contributed by atoms with Crippen LogP contribution in [0.5, 0.6) is 5.75 Å². The summed E-state index contributed by atoms with van der Waals surface area (Å²) in [5.74, 6) is 0.406. The van der Waals surface area contributed by atoms with Crippen molar-refractivity contribution in [3.8, 4) is 16.3 Å². The van der Waals surface area contributed by atoms with Crippen molar-refractivity contribution in [3.05, 3.63) is 89.3 Å². The van der Waals surface area contributed by atoms with Crippen LogP contribution < -0.4 is 10.1 Å². The molecular weight excluding hydrogens is 438 g/mol. The molecule has 8 heteroatoms. The van der Waals surface area contributed by atoms with E-state index in [1.54, 1.807) is 35.7 Å². The molecule has 0 aliphatic carbocycles. The monoisotopic (exact) mass is 461 g/mol. The lowest BCUT2D eigenvalue weighted by Crippen LogP contribution is -2.37. The van der Waals surface area contributed by atoms with Gasteiger partial charge in [0.2, 0.25) is 5.91 Å². The molecule has 2 heterocycles. The van der Waals surface area contributed by atoms with Gasteiger partial charge >= 0.3 is 0 Å². The minimum absolute atomic E-state index is 0.141. The third-order valence-corrected chi connectivity index (χ3v) is 5.84. The van der Waals surface area contributed by atoms with Crippen LogP contribution in [0, 0.1) is 6.92 Å². The maximum atomic E-state index is 13.3. The fourth-order valence-electron chi connectivity index (χ4n) is 3.26. The van der Waals surface area contributed by atoms with Gasteiger partial charge in [-0.3, -0.25) is 9.59 Å². The van der Waals surface area contributed by atoms with Gasteiger partial charge in [0.1, 0.15) is 28.8 Å². The lowest BCUT2D eigenvalue weighted by molar-refractivity contribution is -0.117. The molecular formula is C25H23N3O4S. The van der Waals surface area contributed by atoms with E-state index in [0.29, 0.717) is 17.2 Å². The highest BCUT2D eigenvalue weighted by Gasteiger charge is 2.23. The Hall–Kier alpha value is -3.91. The van der Waals surface area contributed by atoms with Gasteiger partial charge in [-0.25, -0.2) is 4.98 Å². The molecule has 0 atom stereocenters. The number of ether oxygens (including phenoxy) is 1. The lowest BCUT2D eigenvalue weighted by Gasteiger charge is -2.20. The fourth-order valence-corrected chi connectivity index (χ4v) is 4.06. The van der Waals surface area contributed by atoms with E-state index in [-0.39, 0.29) is 30.6 Å². The van der Waals surface area contributed by atoms with Crippen LogP contribution in [0.4, 0.5) is 5.69 Å². The van der Waals surface area contributed by atoms with Gasteiger partial charge in [-0.2, -0.15) is 0 Å². The van der Waals surface area contributed by atoms with Crippen molar-refractivity contribution in [2.45, 2.75) is 13.5 Å². The standard InChI is InChI=1S/C25H23N3O4S/c1-17-9-11-18(12-10-17)24-27-21(16-33-24)25(30)28(14-19-6-5-13-32-19)15-23(29)26-20-7-3-4-8-22(20)31-2/h3-13,16H,14-15H2,1-2H3,(H,26,29). The van der Waals surface area contributed by atoms with Crippen LogP contribution in [-0.4, -0.2) is 35.4 Å². The number of carbonyl (C=O) groups excluding carboxylic acids is 2. The molecule has 1 N–H and O–H groups in total. The molecule has 4 rings (SSSR count). The average Bonchev–Trinajstić information content (AvgIpc) is 3.51. The Kier molecular flexibility index (Phi) is 6.85. The number of aromatic nitrogens is 1. The molecule has 0 fully saturated rings. The van der Waals surface area contributed by atoms with Crippen LogP contribution in [0.1, 0.15) is 21.8 Å². The topological polar surface area (TPSA) is 84.7 Å². The molecule has 4 aromatic rings. The van der Waals surface area contributed by atoms with Gasteiger partial charge in [-0.05, 0) is 31.2 Å². The summed E-state index contributed by atoms with van der Waals surface area (Å²) in [5, 5.41) is 5.27. The second kappa shape index (κ2) is 10.1. The number of thiazole rings is 1. The van der Waals surface area contributed by atoms with E-state index in [0.717, 1.165) is 16.1 Å². The fraction of sp³-hybridized carbons (Fsp3) is 0.160. The molecule has 2 aromatic heterocycles. The first-order valence-electron chi connectivity index (χ1n) is 10.3. The molecule has 0 bridgehead atoms. The summed E-state index contributed by atoms with van der Waals surface area (Å²) >= 11 is 1.39. The number of furan rings is 1. The van der Waals surface area contributed by atoms with Gasteiger partial charge in [-0.1, -0.05) is 42.0 Å². The predicted octanol–water partition coefficient (Wildman–Crippen LogP) is 5.00. The largest absolute Gasteiger partial charge is 0.495 e. The number of methoxy groups -OCH3 is 1. The Labute approximate surface area is 195 Å². The summed E-state index contributed by atoms with van der Waals surface area (Å²) in [6.45, 7) is 1.99. The van der Waals surface area contributed by atoms with Crippen molar-refractivity contribution < 1.29 is 18.7 Å². The summed E-state index contributed by atoms with van der Waals surface area (Å²) < 4.78 is 10.7. The zero-order chi connectivity index (χ0) is 23.2. The smallest absolute Gasteiger partial charge is 0.274 e. The van der Waals surface area contributed by atoms with Crippen LogP contribution >= 0.6 is 11.3 Å². The molecule has 2 aromatic carbocycles. The Bertz CT molecular complexity index is 1230. The highest BCUT2D eigenvalue weighted by Crippen LogP contribution is 2.26. The molecule has 0 saturated heterocycles. The van der Waals surface area contributed by atoms with Crippen LogP contribution in [0.15, 0.2) is 76.7 Å². The van der Waals surface area contributed by atoms with Gasteiger partial charge in [0, 0.05) is 10.9 Å². The molecule has 0 spiro atoms. The van der Waals surface area contributed by atoms with Crippen molar-refractivity contribution in [1.29, 1.82) is 0 Å². The van der Waals surface area contributed by atoms with E-state index in [2.05, 4.69) is 10.3 Å². The zero-order valence-electron chi connectivity index (χ0n) is 18.3. The van der Waals surface area contributed by atoms with Crippen LogP contribution in [0.2, 0.25) is 0 Å². The maximum Gasteiger partial charge on any atom is 0.274 e. The van der Waals surface area contributed by atoms with E-state index in [4.69, 9.17) is 9.15 Å². The number of anilines is 1. The van der Waals surface area contributed by atoms with Crippen molar-refractivity contribution in [1.82, 2.24) is 9.88 Å². The van der Waals surface area contributed by atoms with Crippen molar-refractivity contribution in [2.75, 3.05) is 19.0 Å². The van der Waals surface area contributed by atoms with Gasteiger partial charge in [-0.15, -0.1) is 11.3 Å². The minimum atomic E-state index is -0.353. The molecule has 0 aliphatic heterocycles. The van der Waals surface area contributed by atoms with E-state index in [1.165, 1.54) is 29.6 Å². The van der Waals surface area contributed by atoms with Gasteiger partial charge in [0.05, 0.1) is 25.6 Å². The normalized spacial score (nSPS) is 10.6. The third-order valence-electron chi connectivity index (χ3n) is 4.95. The third kappa shape index (κ3) is 5.48. The summed E-state index contributed by atoms with van der Waals surface area (Å²) in [6.07, 6.45) is 1.53. The molecule has 7 nitrogen and oxygen atoms in total. The predicted molar refractivity (Wildman–Crippen MR) is 127 cm³/mol. The summed E-state index contributed by atoms with van der Waals surface area (Å²) in [6, 6.07) is 18.6. The number of carbonyl (C=O) groups is 2. The number of hydrogen-bond acceptors (Lipinski definition) is 6. The molecule has 33 heavy (non-hydrogen) atoms. The van der Waals surface area contributed by atoms with Crippen LogP contribution in [0.25, 0.3) is 10.6 Å². The van der Waals surface area contributed by atoms with Crippen molar-refractivity contribution in [2.24, 2.45) is 0 Å². The lowest BCUT2D eigenvalue weighted by atomic mass is 10.2. The Morgan fingerprint density at radius 2 is 1.88 bits per heavy atom. The van der Waals surface area contributed by atoms with E-state index in [1.807, 2.05) is 37.3 Å². The van der Waals surface area contributed by atoms with E-state index in [9.17, 15) is 9.59 Å². The quantitative estimate of drug-likeness (QED) is 0.399. The highest BCUT2D eigenvalue weighted by atomic mass is 32.1. The number of amides is 2. The van der Waals surface area contributed by atoms with Crippen LogP contribution in [-0.2, 0) is 11.3 Å². The van der Waals surface area contributed by atoms with E-state index < -0.39 is 0 Å². The highest BCUT2D eigenvalue weighted by molar-refractivity contribution is 7.13. The molecule has 168 valence electrons. The van der Waals surface area contributed by atoms with E-state index >= 15 is 0 Å². The number of benzene rings is 2. The van der Waals surface area contributed by atoms with Gasteiger partial charge in [0.15, 0.2) is 0 Å². The maximum absolute atomic E-state index is 13.3. The number of hydrogen-bond donors (Lipinski definition) is 1. The second-order valence-corrected chi connectivity index (χ2v) is 8.25. The summed E-state index contributed by atoms with van der Waals surface area (Å²) in [7, 11) is 1.53. The van der Waals surface area contributed by atoms with Crippen LogP contribution in [0.3, 0.4) is 0 Å². The first kappa shape index (κ1) is 22.3. The SMILES string of the molecule is COc1ccccc1NC(=O)CN(Cc1ccco1)C(=O)c1csc(-c2ccc(C)cc2)n1. The molecule has 0 aliphatic rings. The minimum Gasteiger partial charge on any atom is -0.495 e. The number of nitrogens with one attached hydrogen (secondary N) is 1. The van der Waals surface area contributed by atoms with Crippen molar-refractivity contribution in [3.63, 3.8) is 0 Å². The number of para-hydroxylation sites is 2. The summed E-state index contributed by atoms with van der Waals surface area (Å²) in [4.78, 5) is 32.0.